The summed E-state index contributed by atoms with van der Waals surface area (Å²) in [4.78, 5) is 26.3. The minimum Gasteiger partial charge on any atom is -0.493 e. The summed E-state index contributed by atoms with van der Waals surface area (Å²) < 4.78 is 16.2. The molecule has 2 aromatic rings. The summed E-state index contributed by atoms with van der Waals surface area (Å²) in [7, 11) is 4.72. The molecule has 1 aliphatic carbocycles. The molecule has 0 spiro atoms. The topological polar surface area (TPSA) is 116 Å². The number of carbonyl (C=O) groups excluding carboxylic acids is 1. The van der Waals surface area contributed by atoms with E-state index in [1.807, 2.05) is 12.1 Å². The SMILES string of the molecule is COc1cc(CNC2CCCc3[nH]c(=O)c(C(N)=O)cc32)cc(OC)c1OC. The molecule has 1 heterocycles. The second kappa shape index (κ2) is 8.35. The predicted molar refractivity (Wildman–Crippen MR) is 104 cm³/mol. The maximum absolute atomic E-state index is 12.0. The number of aromatic amines is 1. The first kappa shape index (κ1) is 19.8. The second-order valence-corrected chi connectivity index (χ2v) is 6.67. The Morgan fingerprint density at radius 1 is 1.18 bits per heavy atom. The summed E-state index contributed by atoms with van der Waals surface area (Å²) in [5.74, 6) is 0.990. The number of amides is 1. The second-order valence-electron chi connectivity index (χ2n) is 6.67. The third kappa shape index (κ3) is 3.82. The van der Waals surface area contributed by atoms with E-state index in [2.05, 4.69) is 10.3 Å². The molecule has 0 aliphatic heterocycles. The number of primary amides is 1. The first-order valence-corrected chi connectivity index (χ1v) is 9.06. The van der Waals surface area contributed by atoms with Gasteiger partial charge in [0.15, 0.2) is 11.5 Å². The van der Waals surface area contributed by atoms with Crippen molar-refractivity contribution in [3.8, 4) is 17.2 Å². The van der Waals surface area contributed by atoms with Crippen LogP contribution in [0.25, 0.3) is 0 Å². The highest BCUT2D eigenvalue weighted by atomic mass is 16.5. The van der Waals surface area contributed by atoms with Crippen LogP contribution in [-0.4, -0.2) is 32.2 Å². The zero-order valence-corrected chi connectivity index (χ0v) is 16.3. The van der Waals surface area contributed by atoms with Crippen LogP contribution in [0.5, 0.6) is 17.2 Å². The van der Waals surface area contributed by atoms with Crippen molar-refractivity contribution in [3.05, 3.63) is 50.9 Å². The number of aryl methyl sites for hydroxylation is 1. The minimum absolute atomic E-state index is 0.00204. The van der Waals surface area contributed by atoms with Gasteiger partial charge in [0.25, 0.3) is 11.5 Å². The van der Waals surface area contributed by atoms with Crippen molar-refractivity contribution in [3.63, 3.8) is 0 Å². The lowest BCUT2D eigenvalue weighted by molar-refractivity contribution is 0.0998. The predicted octanol–water partition coefficient (Wildman–Crippen LogP) is 1.67. The molecule has 0 bridgehead atoms. The van der Waals surface area contributed by atoms with E-state index in [9.17, 15) is 9.59 Å². The summed E-state index contributed by atoms with van der Waals surface area (Å²) in [5, 5.41) is 3.49. The van der Waals surface area contributed by atoms with Crippen LogP contribution in [-0.2, 0) is 13.0 Å². The number of fused-ring (bicyclic) bond motifs is 1. The van der Waals surface area contributed by atoms with Gasteiger partial charge in [0.1, 0.15) is 5.56 Å². The number of nitrogens with two attached hydrogens (primary N) is 1. The molecule has 0 fully saturated rings. The van der Waals surface area contributed by atoms with Gasteiger partial charge in [0.2, 0.25) is 5.75 Å². The van der Waals surface area contributed by atoms with Gasteiger partial charge in [-0.25, -0.2) is 0 Å². The lowest BCUT2D eigenvalue weighted by Gasteiger charge is -2.27. The summed E-state index contributed by atoms with van der Waals surface area (Å²) in [6.45, 7) is 0.547. The molecule has 1 amide bonds. The third-order valence-corrected chi connectivity index (χ3v) is 4.99. The molecular formula is C20H25N3O5. The van der Waals surface area contributed by atoms with E-state index in [1.54, 1.807) is 27.4 Å². The molecule has 8 heteroatoms. The number of aromatic nitrogens is 1. The van der Waals surface area contributed by atoms with Crippen molar-refractivity contribution in [2.75, 3.05) is 21.3 Å². The van der Waals surface area contributed by atoms with Crippen LogP contribution in [0.4, 0.5) is 0 Å². The van der Waals surface area contributed by atoms with E-state index in [1.165, 1.54) is 0 Å². The molecule has 0 saturated heterocycles. The summed E-state index contributed by atoms with van der Waals surface area (Å²) >= 11 is 0. The average Bonchev–Trinajstić information content (AvgIpc) is 2.70. The number of hydrogen-bond acceptors (Lipinski definition) is 6. The quantitative estimate of drug-likeness (QED) is 0.666. The lowest BCUT2D eigenvalue weighted by atomic mass is 9.90. The van der Waals surface area contributed by atoms with Gasteiger partial charge in [-0.3, -0.25) is 9.59 Å². The van der Waals surface area contributed by atoms with E-state index < -0.39 is 11.5 Å². The van der Waals surface area contributed by atoms with Gasteiger partial charge in [-0.05, 0) is 48.6 Å². The van der Waals surface area contributed by atoms with Crippen LogP contribution in [0, 0.1) is 0 Å². The van der Waals surface area contributed by atoms with Crippen molar-refractivity contribution in [1.82, 2.24) is 10.3 Å². The number of methoxy groups -OCH3 is 3. The maximum atomic E-state index is 12.0. The van der Waals surface area contributed by atoms with Crippen molar-refractivity contribution in [2.45, 2.75) is 31.8 Å². The molecule has 28 heavy (non-hydrogen) atoms. The van der Waals surface area contributed by atoms with E-state index in [4.69, 9.17) is 19.9 Å². The normalized spacial score (nSPS) is 15.6. The molecule has 150 valence electrons. The first-order valence-electron chi connectivity index (χ1n) is 9.06. The van der Waals surface area contributed by atoms with E-state index in [-0.39, 0.29) is 11.6 Å². The van der Waals surface area contributed by atoms with E-state index >= 15 is 0 Å². The summed E-state index contributed by atoms with van der Waals surface area (Å²) in [5.41, 5.74) is 7.60. The maximum Gasteiger partial charge on any atom is 0.261 e. The highest BCUT2D eigenvalue weighted by Gasteiger charge is 2.23. The Morgan fingerprint density at radius 2 is 1.86 bits per heavy atom. The number of carbonyl (C=O) groups is 1. The average molecular weight is 387 g/mol. The van der Waals surface area contributed by atoms with Crippen molar-refractivity contribution < 1.29 is 19.0 Å². The van der Waals surface area contributed by atoms with Gasteiger partial charge < -0.3 is 30.2 Å². The van der Waals surface area contributed by atoms with Gasteiger partial charge in [0, 0.05) is 18.3 Å². The molecule has 1 unspecified atom stereocenters. The Kier molecular flexibility index (Phi) is 5.89. The van der Waals surface area contributed by atoms with Gasteiger partial charge >= 0.3 is 0 Å². The molecule has 1 aliphatic rings. The van der Waals surface area contributed by atoms with Crippen molar-refractivity contribution >= 4 is 5.91 Å². The molecule has 4 N–H and O–H groups in total. The Balaban J connectivity index is 1.86. The Hall–Kier alpha value is -3.00. The Labute approximate surface area is 163 Å². The van der Waals surface area contributed by atoms with Crippen molar-refractivity contribution in [1.29, 1.82) is 0 Å². The minimum atomic E-state index is -0.724. The Bertz CT molecular complexity index is 913. The largest absolute Gasteiger partial charge is 0.493 e. The zero-order valence-electron chi connectivity index (χ0n) is 16.3. The van der Waals surface area contributed by atoms with Gasteiger partial charge in [-0.1, -0.05) is 0 Å². The fraction of sp³-hybridized carbons (Fsp3) is 0.400. The number of hydrogen-bond donors (Lipinski definition) is 3. The van der Waals surface area contributed by atoms with E-state index in [0.29, 0.717) is 23.8 Å². The molecule has 3 rings (SSSR count). The van der Waals surface area contributed by atoms with Gasteiger partial charge in [0.05, 0.1) is 21.3 Å². The first-order chi connectivity index (χ1) is 13.5. The molecule has 1 aromatic heterocycles. The summed E-state index contributed by atoms with van der Waals surface area (Å²) in [6, 6.07) is 5.39. The number of ether oxygens (including phenoxy) is 3. The summed E-state index contributed by atoms with van der Waals surface area (Å²) in [6.07, 6.45) is 2.60. The smallest absolute Gasteiger partial charge is 0.261 e. The highest BCUT2D eigenvalue weighted by molar-refractivity contribution is 5.92. The number of benzene rings is 1. The monoisotopic (exact) mass is 387 g/mol. The van der Waals surface area contributed by atoms with Crippen LogP contribution in [0.15, 0.2) is 23.0 Å². The highest BCUT2D eigenvalue weighted by Crippen LogP contribution is 2.38. The third-order valence-electron chi connectivity index (χ3n) is 4.99. The van der Waals surface area contributed by atoms with Gasteiger partial charge in [-0.15, -0.1) is 0 Å². The fourth-order valence-corrected chi connectivity index (χ4v) is 3.61. The van der Waals surface area contributed by atoms with Crippen LogP contribution in [0.2, 0.25) is 0 Å². The number of rotatable bonds is 7. The van der Waals surface area contributed by atoms with Gasteiger partial charge in [-0.2, -0.15) is 0 Å². The number of H-pyrrole nitrogens is 1. The zero-order chi connectivity index (χ0) is 20.3. The van der Waals surface area contributed by atoms with Crippen LogP contribution in [0.3, 0.4) is 0 Å². The molecule has 8 nitrogen and oxygen atoms in total. The van der Waals surface area contributed by atoms with Crippen molar-refractivity contribution in [2.24, 2.45) is 5.73 Å². The molecule has 1 atom stereocenters. The molecule has 0 saturated carbocycles. The molecular weight excluding hydrogens is 362 g/mol. The lowest BCUT2D eigenvalue weighted by Crippen LogP contribution is -2.31. The number of nitrogens with one attached hydrogen (secondary N) is 2. The van der Waals surface area contributed by atoms with Crippen LogP contribution in [0.1, 0.15) is 46.1 Å². The van der Waals surface area contributed by atoms with Crippen LogP contribution < -0.4 is 30.8 Å². The molecule has 1 aromatic carbocycles. The van der Waals surface area contributed by atoms with Crippen LogP contribution >= 0.6 is 0 Å². The van der Waals surface area contributed by atoms with E-state index in [0.717, 1.165) is 36.1 Å². The number of pyridine rings is 1. The molecule has 0 radical (unpaired) electrons. The Morgan fingerprint density at radius 3 is 2.43 bits per heavy atom. The fourth-order valence-electron chi connectivity index (χ4n) is 3.61. The standard InChI is InChI=1S/C20H25N3O5/c1-26-16-7-11(8-17(27-2)18(16)28-3)10-22-14-5-4-6-15-12(14)9-13(19(21)24)20(25)23-15/h7-9,14,22H,4-6,10H2,1-3H3,(H2,21,24)(H,23,25).